The van der Waals surface area contributed by atoms with Crippen molar-refractivity contribution in [1.29, 1.82) is 10.5 Å². The molecule has 1 aliphatic carbocycles. The van der Waals surface area contributed by atoms with Crippen LogP contribution < -0.4 is 15.5 Å². The van der Waals surface area contributed by atoms with Crippen molar-refractivity contribution in [2.24, 2.45) is 16.6 Å². The third kappa shape index (κ3) is 1.41. The predicted molar refractivity (Wildman–Crippen MR) is 88.0 cm³/mol. The Labute approximate surface area is 146 Å². The van der Waals surface area contributed by atoms with Crippen LogP contribution in [0, 0.1) is 33.5 Å². The normalized spacial score (nSPS) is 34.4. The molecule has 7 nitrogen and oxygen atoms in total. The Kier molecular flexibility index (Phi) is 3.58. The third-order valence-electron chi connectivity index (χ3n) is 6.00. The van der Waals surface area contributed by atoms with Crippen LogP contribution in [0.5, 0.6) is 5.75 Å². The molecule has 1 fully saturated rings. The van der Waals surface area contributed by atoms with Crippen LogP contribution in [0.25, 0.3) is 0 Å². The van der Waals surface area contributed by atoms with Gasteiger partial charge in [-0.2, -0.15) is 10.5 Å². The highest BCUT2D eigenvalue weighted by Gasteiger charge is 3.03. The second kappa shape index (κ2) is 5.19. The first-order valence-corrected chi connectivity index (χ1v) is 7.96. The van der Waals surface area contributed by atoms with Gasteiger partial charge in [-0.05, 0) is 24.1 Å². The Hall–Kier alpha value is -2.61. The van der Waals surface area contributed by atoms with Crippen molar-refractivity contribution in [3.05, 3.63) is 29.8 Å². The second-order valence-electron chi connectivity index (χ2n) is 6.27. The molecule has 0 saturated heterocycles. The van der Waals surface area contributed by atoms with Crippen LogP contribution in [0.1, 0.15) is 18.9 Å². The number of nitrogens with one attached hydrogen (secondary N) is 1. The highest BCUT2D eigenvalue weighted by Crippen LogP contribution is 2.83. The zero-order valence-corrected chi connectivity index (χ0v) is 14.7. The number of hydrogen-bond donors (Lipinski definition) is 2. The molecule has 0 aromatic heterocycles. The fourth-order valence-corrected chi connectivity index (χ4v) is 4.98. The Bertz CT molecular complexity index is 818. The Morgan fingerprint density at radius 1 is 1.08 bits per heavy atom. The van der Waals surface area contributed by atoms with E-state index in [4.69, 9.17) is 19.9 Å². The molecular formula is C18H21N4O3+. The Morgan fingerprint density at radius 2 is 1.68 bits per heavy atom. The highest BCUT2D eigenvalue weighted by atomic mass is 16.7. The van der Waals surface area contributed by atoms with Gasteiger partial charge >= 0.3 is 5.91 Å². The number of nitriles is 2. The molecule has 1 heterocycles. The molecule has 130 valence electrons. The zero-order valence-electron chi connectivity index (χ0n) is 14.7. The summed E-state index contributed by atoms with van der Waals surface area (Å²) < 4.78 is 16.4. The van der Waals surface area contributed by atoms with Gasteiger partial charge in [0.1, 0.15) is 5.75 Å². The quantitative estimate of drug-likeness (QED) is 0.715. The number of nitrogens with zero attached hydrogens (tertiary/aromatic N) is 2. The standard InChI is InChI=1S/C18H20N4O3/c1-5-15(12-6-8-13(23-2)9-7-12)16(10-19)14(21)22-18(24-3,25-4)17(15,16)11-20/h6-9H,5H2,1-4H3,(H2,21,22)/p+1/t15-,16+,17-/m1/s1. The molecule has 1 aromatic rings. The molecule has 0 unspecified atom stereocenters. The van der Waals surface area contributed by atoms with Gasteiger partial charge in [0.2, 0.25) is 0 Å². The zero-order chi connectivity index (χ0) is 18.5. The van der Waals surface area contributed by atoms with Crippen molar-refractivity contribution in [3.8, 4) is 17.9 Å². The SMILES string of the molecule is CC[C@@]1(c2ccc(OC)cc2)[C@]2(C#N)C(N)=[NH+]C(OC)(OC)[C@@]21C#N. The molecule has 0 amide bonds. The second-order valence-corrected chi connectivity index (χ2v) is 6.27. The lowest BCUT2D eigenvalue weighted by Crippen LogP contribution is -2.91. The molecule has 1 saturated carbocycles. The fraction of sp³-hybridized carbons (Fsp3) is 0.500. The Morgan fingerprint density at radius 3 is 2.08 bits per heavy atom. The number of rotatable bonds is 5. The number of nitrogens with two attached hydrogens (primary N) is 1. The van der Waals surface area contributed by atoms with Crippen molar-refractivity contribution < 1.29 is 19.2 Å². The third-order valence-corrected chi connectivity index (χ3v) is 6.00. The van der Waals surface area contributed by atoms with Crippen LogP contribution >= 0.6 is 0 Å². The van der Waals surface area contributed by atoms with Crippen LogP contribution in [-0.4, -0.2) is 33.1 Å². The topological polar surface area (TPSA) is 115 Å². The van der Waals surface area contributed by atoms with E-state index in [-0.39, 0.29) is 5.84 Å². The lowest BCUT2D eigenvalue weighted by molar-refractivity contribution is -0.689. The van der Waals surface area contributed by atoms with Crippen molar-refractivity contribution in [2.75, 3.05) is 21.3 Å². The summed E-state index contributed by atoms with van der Waals surface area (Å²) in [5.41, 5.74) is 3.62. The van der Waals surface area contributed by atoms with Gasteiger partial charge in [0.05, 0.1) is 24.7 Å². The number of benzene rings is 1. The van der Waals surface area contributed by atoms with E-state index in [9.17, 15) is 10.5 Å². The highest BCUT2D eigenvalue weighted by molar-refractivity contribution is 5.97. The van der Waals surface area contributed by atoms with Crippen molar-refractivity contribution in [2.45, 2.75) is 24.7 Å². The summed E-state index contributed by atoms with van der Waals surface area (Å²) in [4.78, 5) is 2.91. The summed E-state index contributed by atoms with van der Waals surface area (Å²) in [6, 6.07) is 12.0. The summed E-state index contributed by atoms with van der Waals surface area (Å²) in [6.45, 7) is 1.93. The summed E-state index contributed by atoms with van der Waals surface area (Å²) in [7, 11) is 4.45. The predicted octanol–water partition coefficient (Wildman–Crippen LogP) is -0.225. The van der Waals surface area contributed by atoms with E-state index in [1.54, 1.807) is 7.11 Å². The van der Waals surface area contributed by atoms with E-state index in [2.05, 4.69) is 17.1 Å². The molecule has 0 radical (unpaired) electrons. The van der Waals surface area contributed by atoms with E-state index < -0.39 is 22.2 Å². The van der Waals surface area contributed by atoms with Crippen molar-refractivity contribution in [1.82, 2.24) is 0 Å². The van der Waals surface area contributed by atoms with Gasteiger partial charge in [0, 0.05) is 14.2 Å². The van der Waals surface area contributed by atoms with Crippen LogP contribution in [0.4, 0.5) is 0 Å². The van der Waals surface area contributed by atoms with Gasteiger partial charge in [-0.15, -0.1) is 0 Å². The van der Waals surface area contributed by atoms with E-state index in [1.807, 2.05) is 31.2 Å². The van der Waals surface area contributed by atoms with Gasteiger partial charge in [-0.25, -0.2) is 4.99 Å². The smallest absolute Gasteiger partial charge is 0.343 e. The monoisotopic (exact) mass is 341 g/mol. The van der Waals surface area contributed by atoms with Gasteiger partial charge in [-0.1, -0.05) is 19.1 Å². The molecule has 1 aliphatic heterocycles. The van der Waals surface area contributed by atoms with Gasteiger partial charge in [-0.3, -0.25) is 5.73 Å². The average molecular weight is 341 g/mol. The van der Waals surface area contributed by atoms with Crippen LogP contribution in [0.3, 0.4) is 0 Å². The largest absolute Gasteiger partial charge is 0.497 e. The molecule has 3 rings (SSSR count). The van der Waals surface area contributed by atoms with Crippen molar-refractivity contribution >= 4 is 5.84 Å². The number of hydrogen-bond acceptors (Lipinski definition) is 6. The first-order chi connectivity index (χ1) is 12.0. The fourth-order valence-electron chi connectivity index (χ4n) is 4.98. The molecule has 7 heteroatoms. The lowest BCUT2D eigenvalue weighted by Gasteiger charge is -2.31. The van der Waals surface area contributed by atoms with Crippen LogP contribution in [0.15, 0.2) is 24.3 Å². The van der Waals surface area contributed by atoms with E-state index in [0.717, 1.165) is 5.56 Å². The molecule has 25 heavy (non-hydrogen) atoms. The number of methoxy groups -OCH3 is 3. The summed E-state index contributed by atoms with van der Waals surface area (Å²) in [5, 5.41) is 20.3. The molecule has 3 atom stereocenters. The first kappa shape index (κ1) is 17.2. The molecule has 0 spiro atoms. The summed E-state index contributed by atoms with van der Waals surface area (Å²) in [6.07, 6.45) is 0.511. The maximum absolute atomic E-state index is 10.2. The van der Waals surface area contributed by atoms with Gasteiger partial charge in [0.15, 0.2) is 10.8 Å². The van der Waals surface area contributed by atoms with Crippen LogP contribution in [-0.2, 0) is 14.9 Å². The minimum Gasteiger partial charge on any atom is -0.497 e. The van der Waals surface area contributed by atoms with Crippen molar-refractivity contribution in [3.63, 3.8) is 0 Å². The average Bonchev–Trinajstić information content (AvgIpc) is 3.16. The summed E-state index contributed by atoms with van der Waals surface area (Å²) >= 11 is 0. The molecule has 3 N–H and O–H groups in total. The maximum atomic E-state index is 10.2. The maximum Gasteiger partial charge on any atom is 0.343 e. The van der Waals surface area contributed by atoms with Gasteiger partial charge < -0.3 is 14.2 Å². The van der Waals surface area contributed by atoms with E-state index in [1.165, 1.54) is 14.2 Å². The number of amidine groups is 1. The van der Waals surface area contributed by atoms with E-state index in [0.29, 0.717) is 12.2 Å². The number of fused-ring (bicyclic) bond motifs is 1. The molecule has 2 aliphatic rings. The first-order valence-electron chi connectivity index (χ1n) is 7.96. The van der Waals surface area contributed by atoms with E-state index >= 15 is 0 Å². The lowest BCUT2D eigenvalue weighted by atomic mass is 9.80. The molecule has 0 bridgehead atoms. The summed E-state index contributed by atoms with van der Waals surface area (Å²) in [5.74, 6) is -0.618. The minimum absolute atomic E-state index is 0.193. The Balaban J connectivity index is 2.33. The number of ether oxygens (including phenoxy) is 3. The molecule has 1 aromatic carbocycles. The minimum atomic E-state index is -1.50. The van der Waals surface area contributed by atoms with Gasteiger partial charge in [0.25, 0.3) is 5.84 Å². The van der Waals surface area contributed by atoms with Crippen LogP contribution in [0.2, 0.25) is 0 Å². The molecular weight excluding hydrogens is 320 g/mol.